The van der Waals surface area contributed by atoms with Crippen LogP contribution < -0.4 is 16.0 Å². The summed E-state index contributed by atoms with van der Waals surface area (Å²) in [5.41, 5.74) is 1.17. The topological polar surface area (TPSA) is 74.8 Å². The summed E-state index contributed by atoms with van der Waals surface area (Å²) in [6, 6.07) is 14.8. The molecule has 148 valence electrons. The van der Waals surface area contributed by atoms with Crippen molar-refractivity contribution in [3.8, 4) is 0 Å². The van der Waals surface area contributed by atoms with Crippen LogP contribution in [0.25, 0.3) is 10.8 Å². The molecule has 0 fully saturated rings. The molecule has 0 aromatic heterocycles. The molecule has 2 rings (SSSR count). The number of ether oxygens (including phenoxy) is 1. The predicted octanol–water partition coefficient (Wildman–Crippen LogP) is 2.84. The van der Waals surface area contributed by atoms with Gasteiger partial charge < -0.3 is 20.7 Å². The first-order chi connectivity index (χ1) is 12.6. The number of hydrogen-bond donors (Lipinski definition) is 3. The third-order valence-electron chi connectivity index (χ3n) is 3.98. The number of fused-ring (bicyclic) bond motifs is 1. The van der Waals surface area contributed by atoms with Crippen molar-refractivity contribution < 1.29 is 9.53 Å². The van der Waals surface area contributed by atoms with Crippen molar-refractivity contribution in [3.63, 3.8) is 0 Å². The molecule has 0 aliphatic rings. The van der Waals surface area contributed by atoms with Gasteiger partial charge in [-0.2, -0.15) is 0 Å². The van der Waals surface area contributed by atoms with Crippen LogP contribution >= 0.6 is 24.0 Å². The lowest BCUT2D eigenvalue weighted by molar-refractivity contribution is -0.119. The molecule has 0 spiro atoms. The maximum atomic E-state index is 11.8. The zero-order valence-electron chi connectivity index (χ0n) is 16.1. The van der Waals surface area contributed by atoms with Gasteiger partial charge in [0.15, 0.2) is 5.96 Å². The normalized spacial score (nSPS) is 12.2. The average Bonchev–Trinajstić information content (AvgIpc) is 2.66. The highest BCUT2D eigenvalue weighted by Crippen LogP contribution is 2.20. The number of amides is 1. The van der Waals surface area contributed by atoms with Crippen LogP contribution in [0.3, 0.4) is 0 Å². The fraction of sp³-hybridized carbons (Fsp3) is 0.400. The SMILES string of the molecule is CCNC(=NCC(=O)NCCOC)NC(C)c1ccc2ccccc2c1.I. The van der Waals surface area contributed by atoms with E-state index in [0.29, 0.717) is 19.1 Å². The van der Waals surface area contributed by atoms with Gasteiger partial charge in [-0.05, 0) is 36.2 Å². The fourth-order valence-electron chi connectivity index (χ4n) is 2.58. The second-order valence-electron chi connectivity index (χ2n) is 6.01. The molecule has 27 heavy (non-hydrogen) atoms. The largest absolute Gasteiger partial charge is 0.383 e. The Morgan fingerprint density at radius 1 is 1.15 bits per heavy atom. The maximum Gasteiger partial charge on any atom is 0.241 e. The molecule has 0 aliphatic carbocycles. The van der Waals surface area contributed by atoms with Gasteiger partial charge in [0.05, 0.1) is 12.6 Å². The molecule has 2 aromatic carbocycles. The third-order valence-corrected chi connectivity index (χ3v) is 3.98. The van der Waals surface area contributed by atoms with E-state index in [1.54, 1.807) is 7.11 Å². The number of rotatable bonds is 8. The summed E-state index contributed by atoms with van der Waals surface area (Å²) < 4.78 is 4.91. The van der Waals surface area contributed by atoms with Crippen LogP contribution in [0.2, 0.25) is 0 Å². The van der Waals surface area contributed by atoms with Crippen molar-refractivity contribution >= 4 is 46.6 Å². The lowest BCUT2D eigenvalue weighted by atomic mass is 10.0. The standard InChI is InChI=1S/C20H28N4O2.HI/c1-4-21-20(23-14-19(25)22-11-12-26-3)24-15(2)17-10-9-16-7-5-6-8-18(16)13-17;/h5-10,13,15H,4,11-12,14H2,1-3H3,(H,22,25)(H2,21,23,24);1H. The van der Waals surface area contributed by atoms with Gasteiger partial charge in [0.2, 0.25) is 5.91 Å². The van der Waals surface area contributed by atoms with E-state index in [-0.39, 0.29) is 42.5 Å². The molecule has 0 saturated heterocycles. The van der Waals surface area contributed by atoms with Gasteiger partial charge in [0.25, 0.3) is 0 Å². The molecule has 1 unspecified atom stereocenters. The van der Waals surface area contributed by atoms with Gasteiger partial charge in [-0.1, -0.05) is 36.4 Å². The molecule has 0 saturated carbocycles. The van der Waals surface area contributed by atoms with Gasteiger partial charge in [0, 0.05) is 20.2 Å². The highest BCUT2D eigenvalue weighted by atomic mass is 127. The van der Waals surface area contributed by atoms with E-state index in [9.17, 15) is 4.79 Å². The Hall–Kier alpha value is -1.87. The van der Waals surface area contributed by atoms with E-state index in [0.717, 1.165) is 6.54 Å². The first-order valence-electron chi connectivity index (χ1n) is 8.93. The van der Waals surface area contributed by atoms with E-state index in [1.165, 1.54) is 16.3 Å². The van der Waals surface area contributed by atoms with E-state index in [4.69, 9.17) is 4.74 Å². The lowest BCUT2D eigenvalue weighted by Crippen LogP contribution is -2.40. The van der Waals surface area contributed by atoms with Gasteiger partial charge in [-0.3, -0.25) is 4.79 Å². The molecule has 3 N–H and O–H groups in total. The van der Waals surface area contributed by atoms with Gasteiger partial charge in [0.1, 0.15) is 6.54 Å². The Bertz CT molecular complexity index is 752. The average molecular weight is 484 g/mol. The van der Waals surface area contributed by atoms with Crippen LogP contribution in [-0.2, 0) is 9.53 Å². The predicted molar refractivity (Wildman–Crippen MR) is 122 cm³/mol. The Morgan fingerprint density at radius 2 is 1.89 bits per heavy atom. The van der Waals surface area contributed by atoms with Crippen LogP contribution in [0, 0.1) is 0 Å². The van der Waals surface area contributed by atoms with Crippen molar-refractivity contribution in [1.29, 1.82) is 0 Å². The Morgan fingerprint density at radius 3 is 2.59 bits per heavy atom. The zero-order valence-corrected chi connectivity index (χ0v) is 18.4. The molecule has 1 amide bonds. The molecule has 0 aliphatic heterocycles. The van der Waals surface area contributed by atoms with Gasteiger partial charge in [-0.15, -0.1) is 24.0 Å². The molecule has 1 atom stereocenters. The molecule has 0 bridgehead atoms. The van der Waals surface area contributed by atoms with Crippen molar-refractivity contribution in [3.05, 3.63) is 48.0 Å². The number of carbonyl (C=O) groups excluding carboxylic acids is 1. The fourth-order valence-corrected chi connectivity index (χ4v) is 2.58. The summed E-state index contributed by atoms with van der Waals surface area (Å²) in [5, 5.41) is 11.7. The summed E-state index contributed by atoms with van der Waals surface area (Å²) in [6.45, 7) is 5.85. The first kappa shape index (κ1) is 23.2. The minimum atomic E-state index is -0.127. The molecule has 6 nitrogen and oxygen atoms in total. The number of hydrogen-bond acceptors (Lipinski definition) is 3. The van der Waals surface area contributed by atoms with Crippen LogP contribution in [0.4, 0.5) is 0 Å². The Balaban J connectivity index is 0.00000364. The van der Waals surface area contributed by atoms with Crippen molar-refractivity contribution in [2.24, 2.45) is 4.99 Å². The summed E-state index contributed by atoms with van der Waals surface area (Å²) in [6.07, 6.45) is 0. The number of benzene rings is 2. The monoisotopic (exact) mass is 484 g/mol. The van der Waals surface area contributed by atoms with E-state index in [1.807, 2.05) is 19.1 Å². The Kier molecular flexibility index (Phi) is 10.7. The summed E-state index contributed by atoms with van der Waals surface area (Å²) in [5.74, 6) is 0.493. The molecular formula is C20H29IN4O2. The van der Waals surface area contributed by atoms with Crippen LogP contribution in [-0.4, -0.2) is 45.2 Å². The quantitative estimate of drug-likeness (QED) is 0.233. The number of guanidine groups is 1. The number of carbonyl (C=O) groups is 1. The molecular weight excluding hydrogens is 455 g/mol. The number of halogens is 1. The molecule has 0 radical (unpaired) electrons. The minimum absolute atomic E-state index is 0. The number of aliphatic imine (C=N–C) groups is 1. The lowest BCUT2D eigenvalue weighted by Gasteiger charge is -2.18. The van der Waals surface area contributed by atoms with E-state index in [2.05, 4.69) is 58.2 Å². The second kappa shape index (κ2) is 12.5. The third kappa shape index (κ3) is 7.72. The highest BCUT2D eigenvalue weighted by Gasteiger charge is 2.09. The van der Waals surface area contributed by atoms with E-state index < -0.39 is 0 Å². The van der Waals surface area contributed by atoms with Crippen molar-refractivity contribution in [1.82, 2.24) is 16.0 Å². The van der Waals surface area contributed by atoms with Crippen molar-refractivity contribution in [2.45, 2.75) is 19.9 Å². The summed E-state index contributed by atoms with van der Waals surface area (Å²) in [7, 11) is 1.60. The highest BCUT2D eigenvalue weighted by molar-refractivity contribution is 14.0. The van der Waals surface area contributed by atoms with Crippen LogP contribution in [0.15, 0.2) is 47.5 Å². The number of nitrogens with one attached hydrogen (secondary N) is 3. The van der Waals surface area contributed by atoms with Crippen LogP contribution in [0.5, 0.6) is 0 Å². The van der Waals surface area contributed by atoms with Crippen LogP contribution in [0.1, 0.15) is 25.5 Å². The summed E-state index contributed by atoms with van der Waals surface area (Å²) in [4.78, 5) is 16.2. The second-order valence-corrected chi connectivity index (χ2v) is 6.01. The van der Waals surface area contributed by atoms with Gasteiger partial charge in [-0.25, -0.2) is 4.99 Å². The number of nitrogens with zero attached hydrogens (tertiary/aromatic N) is 1. The van der Waals surface area contributed by atoms with Crippen molar-refractivity contribution in [2.75, 3.05) is 33.4 Å². The Labute approximate surface area is 178 Å². The maximum absolute atomic E-state index is 11.8. The van der Waals surface area contributed by atoms with E-state index >= 15 is 0 Å². The zero-order chi connectivity index (χ0) is 18.8. The first-order valence-corrected chi connectivity index (χ1v) is 8.93. The molecule has 2 aromatic rings. The smallest absolute Gasteiger partial charge is 0.241 e. The number of methoxy groups -OCH3 is 1. The molecule has 0 heterocycles. The summed E-state index contributed by atoms with van der Waals surface area (Å²) >= 11 is 0. The molecule has 7 heteroatoms. The van der Waals surface area contributed by atoms with Gasteiger partial charge >= 0.3 is 0 Å². The minimum Gasteiger partial charge on any atom is -0.383 e.